The number of thioether (sulfide) groups is 1. The van der Waals surface area contributed by atoms with Gasteiger partial charge in [0.1, 0.15) is 21.4 Å². The maximum absolute atomic E-state index is 13.1. The zero-order valence-corrected chi connectivity index (χ0v) is 18.2. The molecule has 0 fully saturated rings. The molecule has 0 amide bonds. The number of rotatable bonds is 4. The van der Waals surface area contributed by atoms with Gasteiger partial charge in [0.15, 0.2) is 0 Å². The Morgan fingerprint density at radius 1 is 1.00 bits per heavy atom. The van der Waals surface area contributed by atoms with Crippen LogP contribution in [0.15, 0.2) is 51.2 Å². The molecule has 142 valence electrons. The molecule has 0 bridgehead atoms. The number of anilines is 1. The van der Waals surface area contributed by atoms with Crippen molar-refractivity contribution in [2.45, 2.75) is 14.8 Å². The van der Waals surface area contributed by atoms with Gasteiger partial charge in [-0.1, -0.05) is 46.4 Å². The van der Waals surface area contributed by atoms with Crippen LogP contribution in [0.25, 0.3) is 5.69 Å². The number of nitrogens with zero attached hydrogens (tertiary/aromatic N) is 2. The Balaban J connectivity index is 2.27. The van der Waals surface area contributed by atoms with E-state index >= 15 is 0 Å². The molecule has 2 aromatic carbocycles. The van der Waals surface area contributed by atoms with Gasteiger partial charge in [-0.3, -0.25) is 0 Å². The molecule has 0 atom stereocenters. The predicted octanol–water partition coefficient (Wildman–Crippen LogP) is 5.62. The summed E-state index contributed by atoms with van der Waals surface area (Å²) < 4.78 is 27.5. The molecule has 5 nitrogen and oxygen atoms in total. The first-order valence-electron chi connectivity index (χ1n) is 7.25. The first kappa shape index (κ1) is 20.6. The summed E-state index contributed by atoms with van der Waals surface area (Å²) in [6.07, 6.45) is 1.69. The number of hydrogen-bond acceptors (Lipinski definition) is 5. The van der Waals surface area contributed by atoms with Gasteiger partial charge in [0.2, 0.25) is 9.84 Å². The number of nitrogens with two attached hydrogens (primary N) is 1. The van der Waals surface area contributed by atoms with Crippen LogP contribution in [0, 0.1) is 0 Å². The van der Waals surface area contributed by atoms with Gasteiger partial charge >= 0.3 is 0 Å². The minimum atomic E-state index is -3.95. The lowest BCUT2D eigenvalue weighted by Gasteiger charge is -2.10. The molecule has 3 aromatic rings. The van der Waals surface area contributed by atoms with Crippen molar-refractivity contribution in [1.82, 2.24) is 9.78 Å². The number of benzene rings is 2. The van der Waals surface area contributed by atoms with E-state index in [9.17, 15) is 8.42 Å². The highest BCUT2D eigenvalue weighted by Crippen LogP contribution is 2.39. The molecule has 0 aliphatic rings. The molecule has 11 heteroatoms. The van der Waals surface area contributed by atoms with Crippen molar-refractivity contribution in [3.05, 3.63) is 56.5 Å². The highest BCUT2D eigenvalue weighted by atomic mass is 35.5. The molecule has 1 aromatic heterocycles. The summed E-state index contributed by atoms with van der Waals surface area (Å²) in [5, 5.41) is 5.63. The molecule has 0 aliphatic carbocycles. The van der Waals surface area contributed by atoms with E-state index in [2.05, 4.69) is 5.10 Å². The Bertz CT molecular complexity index is 1110. The van der Waals surface area contributed by atoms with E-state index in [-0.39, 0.29) is 36.4 Å². The summed E-state index contributed by atoms with van der Waals surface area (Å²) in [6.45, 7) is 0. The van der Waals surface area contributed by atoms with Gasteiger partial charge in [-0.05, 0) is 42.7 Å². The second-order valence-electron chi connectivity index (χ2n) is 5.31. The molecule has 2 N–H and O–H groups in total. The maximum atomic E-state index is 13.1. The third-order valence-electron chi connectivity index (χ3n) is 3.63. The fourth-order valence-electron chi connectivity index (χ4n) is 2.42. The normalized spacial score (nSPS) is 11.7. The summed E-state index contributed by atoms with van der Waals surface area (Å²) in [7, 11) is -3.95. The quantitative estimate of drug-likeness (QED) is 0.488. The van der Waals surface area contributed by atoms with Crippen LogP contribution in [0.2, 0.25) is 20.1 Å². The van der Waals surface area contributed by atoms with Crippen LogP contribution in [0.5, 0.6) is 0 Å². The molecule has 0 radical (unpaired) electrons. The average molecular weight is 483 g/mol. The van der Waals surface area contributed by atoms with Crippen LogP contribution < -0.4 is 5.73 Å². The van der Waals surface area contributed by atoms with Crippen LogP contribution in [0.4, 0.5) is 5.82 Å². The highest BCUT2D eigenvalue weighted by molar-refractivity contribution is 7.99. The van der Waals surface area contributed by atoms with Crippen LogP contribution >= 0.6 is 58.2 Å². The minimum absolute atomic E-state index is 0.0433. The average Bonchev–Trinajstić information content (AvgIpc) is 2.91. The lowest BCUT2D eigenvalue weighted by Crippen LogP contribution is -2.08. The zero-order chi connectivity index (χ0) is 19.9. The fraction of sp³-hybridized carbons (Fsp3) is 0.0625. The van der Waals surface area contributed by atoms with Crippen LogP contribution in [0.1, 0.15) is 0 Å². The fourth-order valence-corrected chi connectivity index (χ4v) is 5.92. The molecular formula is C16H11Cl4N3O2S2. The van der Waals surface area contributed by atoms with Crippen LogP contribution in [0.3, 0.4) is 0 Å². The van der Waals surface area contributed by atoms with E-state index in [4.69, 9.17) is 52.1 Å². The zero-order valence-electron chi connectivity index (χ0n) is 13.6. The largest absolute Gasteiger partial charge is 0.382 e. The van der Waals surface area contributed by atoms with Crippen LogP contribution in [-0.2, 0) is 9.84 Å². The van der Waals surface area contributed by atoms with Crippen molar-refractivity contribution in [3.8, 4) is 5.69 Å². The van der Waals surface area contributed by atoms with Gasteiger partial charge in [-0.2, -0.15) is 5.10 Å². The number of sulfone groups is 1. The van der Waals surface area contributed by atoms with E-state index in [1.54, 1.807) is 6.26 Å². The number of aromatic nitrogens is 2. The van der Waals surface area contributed by atoms with Crippen molar-refractivity contribution in [1.29, 1.82) is 0 Å². The minimum Gasteiger partial charge on any atom is -0.382 e. The lowest BCUT2D eigenvalue weighted by atomic mass is 10.3. The molecule has 0 unspecified atom stereocenters. The maximum Gasteiger partial charge on any atom is 0.212 e. The molecular weight excluding hydrogens is 472 g/mol. The van der Waals surface area contributed by atoms with Crippen molar-refractivity contribution < 1.29 is 8.42 Å². The summed E-state index contributed by atoms with van der Waals surface area (Å²) in [5.41, 5.74) is 6.42. The van der Waals surface area contributed by atoms with Gasteiger partial charge in [-0.25, -0.2) is 13.1 Å². The Hall–Kier alpha value is -1.09. The Morgan fingerprint density at radius 3 is 2.07 bits per heavy atom. The topological polar surface area (TPSA) is 78.0 Å². The third-order valence-corrected chi connectivity index (χ3v) is 7.31. The third kappa shape index (κ3) is 3.77. The SMILES string of the molecule is CSc1nn(-c2c(Cl)cc(Cl)cc2Cl)c(N)c1S(=O)(=O)c1ccc(Cl)cc1. The van der Waals surface area contributed by atoms with E-state index < -0.39 is 9.84 Å². The smallest absolute Gasteiger partial charge is 0.212 e. The summed E-state index contributed by atoms with van der Waals surface area (Å²) in [6, 6.07) is 8.72. The summed E-state index contributed by atoms with van der Waals surface area (Å²) in [4.78, 5) is -0.0823. The van der Waals surface area contributed by atoms with E-state index in [0.29, 0.717) is 10.0 Å². The number of halogens is 4. The second kappa shape index (κ2) is 7.73. The van der Waals surface area contributed by atoms with Gasteiger partial charge in [0.25, 0.3) is 0 Å². The molecule has 0 spiro atoms. The molecule has 0 aliphatic heterocycles. The van der Waals surface area contributed by atoms with E-state index in [1.807, 2.05) is 0 Å². The van der Waals surface area contributed by atoms with E-state index in [1.165, 1.54) is 41.1 Å². The number of hydrogen-bond donors (Lipinski definition) is 1. The van der Waals surface area contributed by atoms with Gasteiger partial charge in [0, 0.05) is 10.0 Å². The predicted molar refractivity (Wildman–Crippen MR) is 112 cm³/mol. The molecule has 3 rings (SSSR count). The first-order chi connectivity index (χ1) is 12.7. The molecule has 27 heavy (non-hydrogen) atoms. The van der Waals surface area contributed by atoms with Crippen molar-refractivity contribution in [2.75, 3.05) is 12.0 Å². The lowest BCUT2D eigenvalue weighted by molar-refractivity contribution is 0.594. The number of nitrogen functional groups attached to an aromatic ring is 1. The first-order valence-corrected chi connectivity index (χ1v) is 11.5. The second-order valence-corrected chi connectivity index (χ2v) is 9.68. The van der Waals surface area contributed by atoms with Crippen molar-refractivity contribution in [2.24, 2.45) is 0 Å². The molecule has 0 saturated carbocycles. The van der Waals surface area contributed by atoms with Crippen LogP contribution in [-0.4, -0.2) is 24.5 Å². The van der Waals surface area contributed by atoms with Gasteiger partial charge < -0.3 is 5.73 Å². The standard InChI is InChI=1S/C16H11Cl4N3O2S2/c1-26-16-14(27(24,25)10-4-2-8(17)3-5-10)15(21)23(22-16)13-11(19)6-9(18)7-12(13)20/h2-7H,21H2,1H3. The highest BCUT2D eigenvalue weighted by Gasteiger charge is 2.30. The van der Waals surface area contributed by atoms with Gasteiger partial charge in [0.05, 0.1) is 14.9 Å². The van der Waals surface area contributed by atoms with Crippen molar-refractivity contribution >= 4 is 73.8 Å². The molecule has 0 saturated heterocycles. The Morgan fingerprint density at radius 2 is 1.56 bits per heavy atom. The summed E-state index contributed by atoms with van der Waals surface area (Å²) >= 11 is 25.4. The van der Waals surface area contributed by atoms with E-state index in [0.717, 1.165) is 11.8 Å². The monoisotopic (exact) mass is 481 g/mol. The van der Waals surface area contributed by atoms with Crippen molar-refractivity contribution in [3.63, 3.8) is 0 Å². The molecule has 1 heterocycles. The Kier molecular flexibility index (Phi) is 5.91. The summed E-state index contributed by atoms with van der Waals surface area (Å²) in [5.74, 6) is -0.111. The Labute approximate surface area is 180 Å². The van der Waals surface area contributed by atoms with Gasteiger partial charge in [-0.15, -0.1) is 11.8 Å².